The SMILES string of the molecule is CCOC(=O)C1=CC(c2ccc(C)cn2)=NCC1=O. The highest BCUT2D eigenvalue weighted by atomic mass is 16.5. The van der Waals surface area contributed by atoms with E-state index in [2.05, 4.69) is 9.98 Å². The van der Waals surface area contributed by atoms with Crippen LogP contribution in [0.15, 0.2) is 35.0 Å². The van der Waals surface area contributed by atoms with Crippen molar-refractivity contribution in [1.82, 2.24) is 4.98 Å². The number of carbonyl (C=O) groups excluding carboxylic acids is 2. The number of aryl methyl sites for hydroxylation is 1. The highest BCUT2D eigenvalue weighted by Crippen LogP contribution is 2.11. The number of carbonyl (C=O) groups is 2. The van der Waals surface area contributed by atoms with Gasteiger partial charge in [0.15, 0.2) is 5.78 Å². The number of ketones is 1. The number of Topliss-reactive ketones (excluding diaryl/α,β-unsaturated/α-hetero) is 1. The van der Waals surface area contributed by atoms with Crippen LogP contribution in [-0.4, -0.2) is 35.6 Å². The molecule has 0 spiro atoms. The number of dihydropyridines is 1. The largest absolute Gasteiger partial charge is 0.462 e. The van der Waals surface area contributed by atoms with Crippen molar-refractivity contribution in [2.45, 2.75) is 13.8 Å². The molecule has 0 N–H and O–H groups in total. The fourth-order valence-electron chi connectivity index (χ4n) is 1.66. The van der Waals surface area contributed by atoms with Crippen LogP contribution in [0.3, 0.4) is 0 Å². The van der Waals surface area contributed by atoms with Crippen molar-refractivity contribution in [2.24, 2.45) is 4.99 Å². The third kappa shape index (κ3) is 2.93. The molecule has 19 heavy (non-hydrogen) atoms. The van der Waals surface area contributed by atoms with Gasteiger partial charge in [-0.1, -0.05) is 6.07 Å². The van der Waals surface area contributed by atoms with E-state index < -0.39 is 5.97 Å². The van der Waals surface area contributed by atoms with Crippen molar-refractivity contribution in [3.05, 3.63) is 41.2 Å². The Labute approximate surface area is 111 Å². The molecule has 0 bridgehead atoms. The van der Waals surface area contributed by atoms with Crippen LogP contribution in [0.1, 0.15) is 18.2 Å². The fourth-order valence-corrected chi connectivity index (χ4v) is 1.66. The Balaban J connectivity index is 2.30. The number of rotatable bonds is 3. The molecule has 0 aromatic carbocycles. The lowest BCUT2D eigenvalue weighted by Crippen LogP contribution is -2.23. The molecule has 1 aromatic heterocycles. The van der Waals surface area contributed by atoms with Crippen LogP contribution in [0.25, 0.3) is 0 Å². The molecule has 98 valence electrons. The number of hydrogen-bond donors (Lipinski definition) is 0. The summed E-state index contributed by atoms with van der Waals surface area (Å²) < 4.78 is 4.85. The normalized spacial score (nSPS) is 14.7. The van der Waals surface area contributed by atoms with Gasteiger partial charge in [-0.05, 0) is 31.6 Å². The number of ether oxygens (including phenoxy) is 1. The summed E-state index contributed by atoms with van der Waals surface area (Å²) in [6, 6.07) is 3.71. The maximum Gasteiger partial charge on any atom is 0.341 e. The molecule has 5 heteroatoms. The molecule has 0 fully saturated rings. The Morgan fingerprint density at radius 3 is 2.84 bits per heavy atom. The van der Waals surface area contributed by atoms with Crippen LogP contribution in [0.4, 0.5) is 0 Å². The van der Waals surface area contributed by atoms with Gasteiger partial charge >= 0.3 is 5.97 Å². The van der Waals surface area contributed by atoms with Gasteiger partial charge < -0.3 is 4.74 Å². The van der Waals surface area contributed by atoms with Gasteiger partial charge in [0.1, 0.15) is 12.1 Å². The molecule has 0 atom stereocenters. The van der Waals surface area contributed by atoms with Crippen LogP contribution in [-0.2, 0) is 14.3 Å². The van der Waals surface area contributed by atoms with Gasteiger partial charge in [-0.15, -0.1) is 0 Å². The average molecular weight is 258 g/mol. The Morgan fingerprint density at radius 1 is 1.42 bits per heavy atom. The summed E-state index contributed by atoms with van der Waals surface area (Å²) in [7, 11) is 0. The molecule has 5 nitrogen and oxygen atoms in total. The molecule has 2 heterocycles. The molecule has 1 aliphatic heterocycles. The number of aliphatic imine (C=N–C) groups is 1. The van der Waals surface area contributed by atoms with Gasteiger partial charge in [0.05, 0.1) is 18.0 Å². The lowest BCUT2D eigenvalue weighted by Gasteiger charge is -2.11. The molecule has 2 rings (SSSR count). The van der Waals surface area contributed by atoms with Crippen molar-refractivity contribution < 1.29 is 14.3 Å². The monoisotopic (exact) mass is 258 g/mol. The minimum Gasteiger partial charge on any atom is -0.462 e. The maximum absolute atomic E-state index is 11.7. The van der Waals surface area contributed by atoms with Crippen molar-refractivity contribution in [3.63, 3.8) is 0 Å². The number of aromatic nitrogens is 1. The van der Waals surface area contributed by atoms with E-state index >= 15 is 0 Å². The predicted octanol–water partition coefficient (Wildman–Crippen LogP) is 1.25. The van der Waals surface area contributed by atoms with Gasteiger partial charge in [-0.2, -0.15) is 0 Å². The number of pyridine rings is 1. The van der Waals surface area contributed by atoms with Crippen LogP contribution in [0.2, 0.25) is 0 Å². The Bertz CT molecular complexity index is 571. The minimum atomic E-state index is -0.605. The topological polar surface area (TPSA) is 68.6 Å². The number of hydrogen-bond acceptors (Lipinski definition) is 5. The van der Waals surface area contributed by atoms with Gasteiger partial charge in [0.25, 0.3) is 0 Å². The predicted molar refractivity (Wildman–Crippen MR) is 70.1 cm³/mol. The number of esters is 1. The summed E-state index contributed by atoms with van der Waals surface area (Å²) in [5.74, 6) is -0.929. The summed E-state index contributed by atoms with van der Waals surface area (Å²) in [5.41, 5.74) is 2.24. The summed E-state index contributed by atoms with van der Waals surface area (Å²) in [4.78, 5) is 31.6. The van der Waals surface area contributed by atoms with E-state index in [4.69, 9.17) is 4.74 Å². The molecular formula is C14H14N2O3. The highest BCUT2D eigenvalue weighted by molar-refractivity contribution is 6.26. The van der Waals surface area contributed by atoms with Crippen molar-refractivity contribution in [3.8, 4) is 0 Å². The molecule has 0 aliphatic carbocycles. The van der Waals surface area contributed by atoms with E-state index in [1.807, 2.05) is 19.1 Å². The first-order valence-electron chi connectivity index (χ1n) is 6.01. The lowest BCUT2D eigenvalue weighted by molar-refractivity contribution is -0.139. The summed E-state index contributed by atoms with van der Waals surface area (Å²) in [6.45, 7) is 3.82. The number of allylic oxidation sites excluding steroid dienone is 1. The molecule has 0 radical (unpaired) electrons. The zero-order valence-electron chi connectivity index (χ0n) is 10.8. The van der Waals surface area contributed by atoms with Crippen molar-refractivity contribution in [1.29, 1.82) is 0 Å². The summed E-state index contributed by atoms with van der Waals surface area (Å²) in [5, 5.41) is 0. The van der Waals surface area contributed by atoms with Gasteiger partial charge in [0.2, 0.25) is 0 Å². The van der Waals surface area contributed by atoms with E-state index in [0.29, 0.717) is 11.4 Å². The van der Waals surface area contributed by atoms with E-state index in [0.717, 1.165) is 5.56 Å². The molecule has 1 aromatic rings. The fraction of sp³-hybridized carbons (Fsp3) is 0.286. The molecule has 0 saturated heterocycles. The van der Waals surface area contributed by atoms with Crippen molar-refractivity contribution >= 4 is 17.5 Å². The molecule has 0 unspecified atom stereocenters. The van der Waals surface area contributed by atoms with E-state index in [1.165, 1.54) is 6.08 Å². The molecular weight excluding hydrogens is 244 g/mol. The van der Waals surface area contributed by atoms with E-state index in [-0.39, 0.29) is 24.5 Å². The van der Waals surface area contributed by atoms with Crippen LogP contribution in [0, 0.1) is 6.92 Å². The second-order valence-electron chi connectivity index (χ2n) is 4.12. The summed E-state index contributed by atoms with van der Waals surface area (Å²) in [6.07, 6.45) is 3.16. The van der Waals surface area contributed by atoms with E-state index in [1.54, 1.807) is 13.1 Å². The van der Waals surface area contributed by atoms with Gasteiger partial charge in [-0.25, -0.2) is 4.79 Å². The van der Waals surface area contributed by atoms with Crippen molar-refractivity contribution in [2.75, 3.05) is 13.2 Å². The van der Waals surface area contributed by atoms with Crippen LogP contribution in [0.5, 0.6) is 0 Å². The molecule has 0 saturated carbocycles. The van der Waals surface area contributed by atoms with Gasteiger partial charge in [-0.3, -0.25) is 14.8 Å². The number of nitrogens with zero attached hydrogens (tertiary/aromatic N) is 2. The minimum absolute atomic E-state index is 0.0363. The third-order valence-corrected chi connectivity index (χ3v) is 2.64. The second-order valence-corrected chi connectivity index (χ2v) is 4.12. The summed E-state index contributed by atoms with van der Waals surface area (Å²) >= 11 is 0. The first-order chi connectivity index (χ1) is 9.11. The first kappa shape index (κ1) is 13.1. The lowest BCUT2D eigenvalue weighted by atomic mass is 10.0. The van der Waals surface area contributed by atoms with Crippen LogP contribution >= 0.6 is 0 Å². The Morgan fingerprint density at radius 2 is 2.21 bits per heavy atom. The second kappa shape index (κ2) is 5.56. The zero-order valence-corrected chi connectivity index (χ0v) is 10.8. The smallest absolute Gasteiger partial charge is 0.341 e. The highest BCUT2D eigenvalue weighted by Gasteiger charge is 2.23. The Hall–Kier alpha value is -2.30. The average Bonchev–Trinajstić information content (AvgIpc) is 2.40. The zero-order chi connectivity index (χ0) is 13.8. The van der Waals surface area contributed by atoms with Gasteiger partial charge in [0, 0.05) is 6.20 Å². The maximum atomic E-state index is 11.7. The molecule has 0 amide bonds. The molecule has 1 aliphatic rings. The quantitative estimate of drug-likeness (QED) is 0.604. The van der Waals surface area contributed by atoms with Crippen LogP contribution < -0.4 is 0 Å². The first-order valence-corrected chi connectivity index (χ1v) is 6.01. The standard InChI is InChI=1S/C14H14N2O3/c1-3-19-14(18)10-6-12(16-8-13(10)17)11-5-4-9(2)7-15-11/h4-7H,3,8H2,1-2H3. The third-order valence-electron chi connectivity index (χ3n) is 2.64. The van der Waals surface area contributed by atoms with E-state index in [9.17, 15) is 9.59 Å². The Kier molecular flexibility index (Phi) is 3.85.